The maximum atomic E-state index is 13.1. The second-order valence-electron chi connectivity index (χ2n) is 8.02. The predicted molar refractivity (Wildman–Crippen MR) is 122 cm³/mol. The molecule has 0 bridgehead atoms. The van der Waals surface area contributed by atoms with Crippen molar-refractivity contribution in [3.63, 3.8) is 0 Å². The van der Waals surface area contributed by atoms with Gasteiger partial charge in [-0.25, -0.2) is 9.67 Å². The molecule has 4 rings (SSSR count). The standard InChI is InChI=1S/C24H31N5O2/c1-3-5-17-6-8-18(9-7-17)14-26-24(30)21-15-25-23-20(16-27-29(23)4-2)22(21)28-19-10-12-31-13-11-19/h6-9,15-16,19H,3-5,10-14H2,1-2H3,(H,25,28)(H,26,30). The van der Waals surface area contributed by atoms with Crippen molar-refractivity contribution in [2.24, 2.45) is 0 Å². The molecule has 1 amide bonds. The molecule has 3 heterocycles. The van der Waals surface area contributed by atoms with Gasteiger partial charge in [0.25, 0.3) is 5.91 Å². The molecule has 0 spiro atoms. The van der Waals surface area contributed by atoms with E-state index in [2.05, 4.69) is 51.9 Å². The van der Waals surface area contributed by atoms with E-state index in [1.807, 2.05) is 11.6 Å². The van der Waals surface area contributed by atoms with E-state index in [9.17, 15) is 4.79 Å². The molecule has 2 N–H and O–H groups in total. The van der Waals surface area contributed by atoms with Gasteiger partial charge in [0.05, 0.1) is 22.8 Å². The van der Waals surface area contributed by atoms with Crippen LogP contribution in [0, 0.1) is 0 Å². The van der Waals surface area contributed by atoms with E-state index in [-0.39, 0.29) is 11.9 Å². The van der Waals surface area contributed by atoms with E-state index in [1.165, 1.54) is 5.56 Å². The normalized spacial score (nSPS) is 14.6. The van der Waals surface area contributed by atoms with Crippen LogP contribution in [0.15, 0.2) is 36.7 Å². The maximum absolute atomic E-state index is 13.1. The fourth-order valence-corrected chi connectivity index (χ4v) is 4.02. The van der Waals surface area contributed by atoms with Crippen molar-refractivity contribution in [1.82, 2.24) is 20.1 Å². The van der Waals surface area contributed by atoms with Gasteiger partial charge in [-0.2, -0.15) is 5.10 Å². The van der Waals surface area contributed by atoms with Gasteiger partial charge in [0.2, 0.25) is 0 Å². The van der Waals surface area contributed by atoms with Crippen LogP contribution >= 0.6 is 0 Å². The Hall–Kier alpha value is -2.93. The highest BCUT2D eigenvalue weighted by Gasteiger charge is 2.22. The van der Waals surface area contributed by atoms with E-state index in [0.717, 1.165) is 67.7 Å². The van der Waals surface area contributed by atoms with Gasteiger partial charge in [0.15, 0.2) is 5.65 Å². The summed E-state index contributed by atoms with van der Waals surface area (Å²) >= 11 is 0. The molecule has 0 saturated carbocycles. The van der Waals surface area contributed by atoms with Crippen LogP contribution in [-0.2, 0) is 24.2 Å². The average molecular weight is 422 g/mol. The largest absolute Gasteiger partial charge is 0.381 e. The van der Waals surface area contributed by atoms with Gasteiger partial charge < -0.3 is 15.4 Å². The van der Waals surface area contributed by atoms with Crippen molar-refractivity contribution in [1.29, 1.82) is 0 Å². The Bertz CT molecular complexity index is 1020. The molecule has 164 valence electrons. The van der Waals surface area contributed by atoms with Crippen LogP contribution in [0.25, 0.3) is 11.0 Å². The lowest BCUT2D eigenvalue weighted by Crippen LogP contribution is -2.30. The van der Waals surface area contributed by atoms with E-state index >= 15 is 0 Å². The Kier molecular flexibility index (Phi) is 6.82. The first-order valence-electron chi connectivity index (χ1n) is 11.2. The van der Waals surface area contributed by atoms with E-state index in [0.29, 0.717) is 12.1 Å². The third kappa shape index (κ3) is 4.88. The number of hydrogen-bond acceptors (Lipinski definition) is 5. The highest BCUT2D eigenvalue weighted by Crippen LogP contribution is 2.28. The quantitative estimate of drug-likeness (QED) is 0.576. The smallest absolute Gasteiger partial charge is 0.255 e. The number of carbonyl (C=O) groups excluding carboxylic acids is 1. The third-order valence-corrected chi connectivity index (χ3v) is 5.79. The molecule has 0 radical (unpaired) electrons. The number of pyridine rings is 1. The lowest BCUT2D eigenvalue weighted by atomic mass is 10.1. The topological polar surface area (TPSA) is 81.1 Å². The first-order valence-corrected chi connectivity index (χ1v) is 11.2. The Morgan fingerprint density at radius 3 is 2.58 bits per heavy atom. The number of rotatable bonds is 8. The number of nitrogens with one attached hydrogen (secondary N) is 2. The van der Waals surface area contributed by atoms with Crippen molar-refractivity contribution >= 4 is 22.6 Å². The van der Waals surface area contributed by atoms with E-state index in [1.54, 1.807) is 12.4 Å². The minimum Gasteiger partial charge on any atom is -0.381 e. The van der Waals surface area contributed by atoms with Gasteiger partial charge in [0.1, 0.15) is 0 Å². The van der Waals surface area contributed by atoms with Crippen molar-refractivity contribution < 1.29 is 9.53 Å². The van der Waals surface area contributed by atoms with E-state index < -0.39 is 0 Å². The molecule has 1 saturated heterocycles. The van der Waals surface area contributed by atoms with Gasteiger partial charge in [-0.15, -0.1) is 0 Å². The number of amides is 1. The molecular formula is C24H31N5O2. The number of benzene rings is 1. The summed E-state index contributed by atoms with van der Waals surface area (Å²) in [6, 6.07) is 8.70. The zero-order valence-corrected chi connectivity index (χ0v) is 18.4. The first-order chi connectivity index (χ1) is 15.2. The summed E-state index contributed by atoms with van der Waals surface area (Å²) in [6.45, 7) is 6.88. The Balaban J connectivity index is 1.56. The number of aryl methyl sites for hydroxylation is 2. The number of fused-ring (bicyclic) bond motifs is 1. The molecular weight excluding hydrogens is 390 g/mol. The van der Waals surface area contributed by atoms with Gasteiger partial charge in [0, 0.05) is 38.5 Å². The van der Waals surface area contributed by atoms with Crippen molar-refractivity contribution in [2.45, 2.75) is 58.7 Å². The molecule has 0 unspecified atom stereocenters. The van der Waals surface area contributed by atoms with Crippen LogP contribution in [0.3, 0.4) is 0 Å². The number of carbonyl (C=O) groups is 1. The minimum absolute atomic E-state index is 0.133. The zero-order chi connectivity index (χ0) is 21.6. The summed E-state index contributed by atoms with van der Waals surface area (Å²) in [5.41, 5.74) is 4.56. The molecule has 1 fully saturated rings. The summed E-state index contributed by atoms with van der Waals surface area (Å²) in [7, 11) is 0. The summed E-state index contributed by atoms with van der Waals surface area (Å²) in [6.07, 6.45) is 7.50. The third-order valence-electron chi connectivity index (χ3n) is 5.79. The molecule has 1 aliphatic rings. The maximum Gasteiger partial charge on any atom is 0.255 e. The average Bonchev–Trinajstić information content (AvgIpc) is 3.23. The number of anilines is 1. The Labute approximate surface area is 183 Å². The van der Waals surface area contributed by atoms with Gasteiger partial charge >= 0.3 is 0 Å². The number of ether oxygens (including phenoxy) is 1. The SMILES string of the molecule is CCCc1ccc(CNC(=O)c2cnc3c(cnn3CC)c2NC2CCOCC2)cc1. The fraction of sp³-hybridized carbons (Fsp3) is 0.458. The minimum atomic E-state index is -0.133. The van der Waals surface area contributed by atoms with Crippen LogP contribution in [-0.4, -0.2) is 39.9 Å². The highest BCUT2D eigenvalue weighted by atomic mass is 16.5. The molecule has 1 aliphatic heterocycles. The van der Waals surface area contributed by atoms with Crippen molar-refractivity contribution in [3.8, 4) is 0 Å². The van der Waals surface area contributed by atoms with Crippen LogP contribution in [0.5, 0.6) is 0 Å². The zero-order valence-electron chi connectivity index (χ0n) is 18.4. The summed E-state index contributed by atoms with van der Waals surface area (Å²) < 4.78 is 7.34. The molecule has 2 aromatic heterocycles. The monoisotopic (exact) mass is 421 g/mol. The Morgan fingerprint density at radius 2 is 1.87 bits per heavy atom. The second kappa shape index (κ2) is 9.92. The predicted octanol–water partition coefficient (Wildman–Crippen LogP) is 3.92. The van der Waals surface area contributed by atoms with Gasteiger partial charge in [-0.3, -0.25) is 4.79 Å². The highest BCUT2D eigenvalue weighted by molar-refractivity contribution is 6.06. The fourth-order valence-electron chi connectivity index (χ4n) is 4.02. The number of aromatic nitrogens is 3. The molecule has 3 aromatic rings. The van der Waals surface area contributed by atoms with E-state index in [4.69, 9.17) is 4.74 Å². The summed E-state index contributed by atoms with van der Waals surface area (Å²) in [5.74, 6) is -0.133. The van der Waals surface area contributed by atoms with Crippen LogP contribution < -0.4 is 10.6 Å². The molecule has 7 nitrogen and oxygen atoms in total. The van der Waals surface area contributed by atoms with Crippen molar-refractivity contribution in [2.75, 3.05) is 18.5 Å². The molecule has 0 aliphatic carbocycles. The lowest BCUT2D eigenvalue weighted by Gasteiger charge is -2.25. The van der Waals surface area contributed by atoms with Crippen LogP contribution in [0.4, 0.5) is 5.69 Å². The number of hydrogen-bond donors (Lipinski definition) is 2. The molecule has 0 atom stereocenters. The van der Waals surface area contributed by atoms with Crippen LogP contribution in [0.2, 0.25) is 0 Å². The Morgan fingerprint density at radius 1 is 1.13 bits per heavy atom. The molecule has 7 heteroatoms. The second-order valence-corrected chi connectivity index (χ2v) is 8.02. The van der Waals surface area contributed by atoms with Crippen molar-refractivity contribution in [3.05, 3.63) is 53.3 Å². The van der Waals surface area contributed by atoms with Crippen LogP contribution in [0.1, 0.15) is 54.6 Å². The summed E-state index contributed by atoms with van der Waals surface area (Å²) in [4.78, 5) is 17.7. The van der Waals surface area contributed by atoms with Gasteiger partial charge in [-0.1, -0.05) is 37.6 Å². The lowest BCUT2D eigenvalue weighted by molar-refractivity contribution is 0.0904. The molecule has 31 heavy (non-hydrogen) atoms. The molecule has 1 aromatic carbocycles. The number of nitrogens with zero attached hydrogens (tertiary/aromatic N) is 3. The summed E-state index contributed by atoms with van der Waals surface area (Å²) in [5, 5.41) is 12.0. The van der Waals surface area contributed by atoms with Gasteiger partial charge in [-0.05, 0) is 37.3 Å². The first kappa shape index (κ1) is 21.3.